The van der Waals surface area contributed by atoms with Gasteiger partial charge in [-0.15, -0.1) is 0 Å². The molecule has 2 aromatic rings. The van der Waals surface area contributed by atoms with E-state index in [4.69, 9.17) is 21.2 Å². The molecule has 0 aliphatic carbocycles. The standard InChI is InChI=1S/C16H21ClN4O2/c1-21-7-5-12(6-8-21)9-22-14-4-2-3-13-15(14)16(19-11-18-13)20-23-10-17/h2-4,11-12H,5-10H2,1H3,(H,18,19,20). The molecule has 6 nitrogen and oxygen atoms in total. The first-order chi connectivity index (χ1) is 11.3. The second kappa shape index (κ2) is 7.77. The monoisotopic (exact) mass is 336 g/mol. The van der Waals surface area contributed by atoms with Crippen molar-refractivity contribution < 1.29 is 9.57 Å². The topological polar surface area (TPSA) is 59.5 Å². The van der Waals surface area contributed by atoms with Gasteiger partial charge in [0.25, 0.3) is 0 Å². The second-order valence-electron chi connectivity index (χ2n) is 5.79. The summed E-state index contributed by atoms with van der Waals surface area (Å²) < 4.78 is 6.09. The van der Waals surface area contributed by atoms with Gasteiger partial charge < -0.3 is 9.64 Å². The second-order valence-corrected chi connectivity index (χ2v) is 6.00. The minimum Gasteiger partial charge on any atom is -0.492 e. The number of hydrogen-bond acceptors (Lipinski definition) is 6. The first kappa shape index (κ1) is 16.2. The Morgan fingerprint density at radius 1 is 1.30 bits per heavy atom. The Kier molecular flexibility index (Phi) is 5.48. The SMILES string of the molecule is CN1CCC(COc2cccc3ncnc(NOCCl)c23)CC1. The molecular formula is C16H21ClN4O2. The fourth-order valence-electron chi connectivity index (χ4n) is 2.81. The highest BCUT2D eigenvalue weighted by atomic mass is 35.5. The van der Waals surface area contributed by atoms with E-state index < -0.39 is 0 Å². The van der Waals surface area contributed by atoms with E-state index in [0.717, 1.165) is 42.6 Å². The van der Waals surface area contributed by atoms with E-state index in [1.807, 2.05) is 18.2 Å². The Balaban J connectivity index is 1.77. The van der Waals surface area contributed by atoms with Crippen molar-refractivity contribution in [1.82, 2.24) is 14.9 Å². The van der Waals surface area contributed by atoms with Crippen molar-refractivity contribution in [3.63, 3.8) is 0 Å². The minimum absolute atomic E-state index is 0.0319. The summed E-state index contributed by atoms with van der Waals surface area (Å²) in [4.78, 5) is 15.9. The molecular weight excluding hydrogens is 316 g/mol. The molecule has 1 aromatic heterocycles. The lowest BCUT2D eigenvalue weighted by Gasteiger charge is -2.28. The molecule has 0 amide bonds. The first-order valence-corrected chi connectivity index (χ1v) is 8.30. The molecule has 0 bridgehead atoms. The molecule has 7 heteroatoms. The molecule has 0 saturated carbocycles. The Morgan fingerprint density at radius 2 is 2.13 bits per heavy atom. The third-order valence-electron chi connectivity index (χ3n) is 4.16. The van der Waals surface area contributed by atoms with Crippen LogP contribution in [0.2, 0.25) is 0 Å². The summed E-state index contributed by atoms with van der Waals surface area (Å²) in [5.74, 6) is 1.92. The molecule has 1 fully saturated rings. The normalized spacial score (nSPS) is 16.6. The number of nitrogens with zero attached hydrogens (tertiary/aromatic N) is 3. The highest BCUT2D eigenvalue weighted by molar-refractivity contribution is 6.17. The highest BCUT2D eigenvalue weighted by Gasteiger charge is 2.18. The number of anilines is 1. The Morgan fingerprint density at radius 3 is 2.91 bits per heavy atom. The van der Waals surface area contributed by atoms with Crippen LogP contribution in [0, 0.1) is 5.92 Å². The average Bonchev–Trinajstić information content (AvgIpc) is 2.59. The van der Waals surface area contributed by atoms with E-state index in [1.54, 1.807) is 0 Å². The van der Waals surface area contributed by atoms with E-state index in [9.17, 15) is 0 Å². The fourth-order valence-corrected chi connectivity index (χ4v) is 2.86. The third-order valence-corrected chi connectivity index (χ3v) is 4.27. The van der Waals surface area contributed by atoms with E-state index in [2.05, 4.69) is 27.4 Å². The lowest BCUT2D eigenvalue weighted by atomic mass is 9.98. The van der Waals surface area contributed by atoms with Crippen LogP contribution >= 0.6 is 11.6 Å². The van der Waals surface area contributed by atoms with E-state index in [-0.39, 0.29) is 6.07 Å². The van der Waals surface area contributed by atoms with Crippen LogP contribution < -0.4 is 10.2 Å². The number of hydrogen-bond donors (Lipinski definition) is 1. The van der Waals surface area contributed by atoms with Crippen LogP contribution in [0.4, 0.5) is 5.82 Å². The summed E-state index contributed by atoms with van der Waals surface area (Å²) >= 11 is 5.55. The Bertz CT molecular complexity index is 642. The molecule has 1 N–H and O–H groups in total. The van der Waals surface area contributed by atoms with Crippen LogP contribution in [-0.2, 0) is 4.84 Å². The number of fused-ring (bicyclic) bond motifs is 1. The lowest BCUT2D eigenvalue weighted by molar-refractivity contribution is 0.161. The van der Waals surface area contributed by atoms with Gasteiger partial charge in [0.2, 0.25) is 0 Å². The largest absolute Gasteiger partial charge is 0.492 e. The number of rotatable bonds is 6. The zero-order chi connectivity index (χ0) is 16.1. The van der Waals surface area contributed by atoms with Crippen molar-refractivity contribution in [2.75, 3.05) is 38.3 Å². The van der Waals surface area contributed by atoms with Crippen molar-refractivity contribution in [2.45, 2.75) is 12.8 Å². The molecule has 0 unspecified atom stereocenters. The van der Waals surface area contributed by atoms with Gasteiger partial charge in [-0.05, 0) is 51.0 Å². The van der Waals surface area contributed by atoms with Gasteiger partial charge in [-0.1, -0.05) is 17.7 Å². The average molecular weight is 337 g/mol. The maximum Gasteiger partial charge on any atom is 0.164 e. The number of alkyl halides is 1. The van der Waals surface area contributed by atoms with Crippen LogP contribution in [0.25, 0.3) is 10.9 Å². The number of halogens is 1. The van der Waals surface area contributed by atoms with Crippen molar-refractivity contribution in [2.24, 2.45) is 5.92 Å². The van der Waals surface area contributed by atoms with Crippen LogP contribution in [-0.4, -0.2) is 47.7 Å². The predicted molar refractivity (Wildman–Crippen MR) is 90.7 cm³/mol. The van der Waals surface area contributed by atoms with Gasteiger partial charge in [0.15, 0.2) is 5.82 Å². The first-order valence-electron chi connectivity index (χ1n) is 7.76. The summed E-state index contributed by atoms with van der Waals surface area (Å²) in [6.45, 7) is 2.96. The van der Waals surface area contributed by atoms with Crippen molar-refractivity contribution in [3.8, 4) is 5.75 Å². The van der Waals surface area contributed by atoms with Gasteiger partial charge in [0.1, 0.15) is 18.1 Å². The van der Waals surface area contributed by atoms with E-state index >= 15 is 0 Å². The van der Waals surface area contributed by atoms with Crippen molar-refractivity contribution in [3.05, 3.63) is 24.5 Å². The molecule has 1 aliphatic heterocycles. The molecule has 1 aliphatic rings. The van der Waals surface area contributed by atoms with Crippen LogP contribution in [0.1, 0.15) is 12.8 Å². The summed E-state index contributed by atoms with van der Waals surface area (Å²) in [5.41, 5.74) is 3.56. The molecule has 0 spiro atoms. The summed E-state index contributed by atoms with van der Waals surface area (Å²) in [6, 6.07) is 5.83. The number of nitrogens with one attached hydrogen (secondary N) is 1. The molecule has 124 valence electrons. The van der Waals surface area contributed by atoms with Crippen molar-refractivity contribution >= 4 is 28.3 Å². The Labute approximate surface area is 140 Å². The highest BCUT2D eigenvalue weighted by Crippen LogP contribution is 2.30. The van der Waals surface area contributed by atoms with Crippen LogP contribution in [0.3, 0.4) is 0 Å². The predicted octanol–water partition coefficient (Wildman–Crippen LogP) is 2.89. The number of likely N-dealkylation sites (tertiary alicyclic amines) is 1. The van der Waals surface area contributed by atoms with Crippen molar-refractivity contribution in [1.29, 1.82) is 0 Å². The quantitative estimate of drug-likeness (QED) is 0.646. The molecule has 1 saturated heterocycles. The molecule has 1 aromatic carbocycles. The molecule has 23 heavy (non-hydrogen) atoms. The van der Waals surface area contributed by atoms with Gasteiger partial charge in [0.05, 0.1) is 17.5 Å². The summed E-state index contributed by atoms with van der Waals surface area (Å²) in [5, 5.41) is 0.813. The number of benzene rings is 1. The summed E-state index contributed by atoms with van der Waals surface area (Å²) in [6.07, 6.45) is 3.82. The van der Waals surface area contributed by atoms with Crippen LogP contribution in [0.5, 0.6) is 5.75 Å². The van der Waals surface area contributed by atoms with E-state index in [1.165, 1.54) is 6.33 Å². The maximum atomic E-state index is 6.09. The zero-order valence-corrected chi connectivity index (χ0v) is 13.9. The molecule has 0 radical (unpaired) electrons. The Hall–Kier alpha value is -1.63. The molecule has 2 heterocycles. The van der Waals surface area contributed by atoms with Gasteiger partial charge in [0, 0.05) is 0 Å². The molecule has 3 rings (SSSR count). The minimum atomic E-state index is 0.0319. The zero-order valence-electron chi connectivity index (χ0n) is 13.2. The summed E-state index contributed by atoms with van der Waals surface area (Å²) in [7, 11) is 2.16. The van der Waals surface area contributed by atoms with Gasteiger partial charge in [-0.25, -0.2) is 15.4 Å². The number of ether oxygens (including phenoxy) is 1. The van der Waals surface area contributed by atoms with Gasteiger partial charge >= 0.3 is 0 Å². The number of piperidine rings is 1. The molecule has 0 atom stereocenters. The van der Waals surface area contributed by atoms with Gasteiger partial charge in [-0.2, -0.15) is 0 Å². The number of aromatic nitrogens is 2. The lowest BCUT2D eigenvalue weighted by Crippen LogP contribution is -2.32. The fraction of sp³-hybridized carbons (Fsp3) is 0.500. The smallest absolute Gasteiger partial charge is 0.164 e. The van der Waals surface area contributed by atoms with Crippen LogP contribution in [0.15, 0.2) is 24.5 Å². The maximum absolute atomic E-state index is 6.09. The third kappa shape index (κ3) is 4.02. The van der Waals surface area contributed by atoms with Gasteiger partial charge in [-0.3, -0.25) is 4.84 Å². The van der Waals surface area contributed by atoms with E-state index in [0.29, 0.717) is 18.3 Å².